The molecule has 10 nitrogen and oxygen atoms in total. The third-order valence-electron chi connectivity index (χ3n) is 4.95. The Morgan fingerprint density at radius 3 is 2.93 bits per heavy atom. The van der Waals surface area contributed by atoms with Crippen molar-refractivity contribution in [2.24, 2.45) is 0 Å². The van der Waals surface area contributed by atoms with Crippen LogP contribution < -0.4 is 15.7 Å². The minimum atomic E-state index is -3.70. The summed E-state index contributed by atoms with van der Waals surface area (Å²) in [5.74, 6) is 0.384. The average molecular weight is 419 g/mol. The number of carbonyl (C=O) groups excluding carboxylic acids is 1. The summed E-state index contributed by atoms with van der Waals surface area (Å²) in [4.78, 5) is 33.5. The van der Waals surface area contributed by atoms with Gasteiger partial charge in [0, 0.05) is 18.5 Å². The molecule has 1 aliphatic heterocycles. The molecule has 3 heterocycles. The van der Waals surface area contributed by atoms with Gasteiger partial charge >= 0.3 is 5.69 Å². The third kappa shape index (κ3) is 3.70. The lowest BCUT2D eigenvalue weighted by Crippen LogP contribution is -2.56. The molecule has 1 amide bonds. The highest BCUT2D eigenvalue weighted by molar-refractivity contribution is 7.92. The Labute approximate surface area is 166 Å². The maximum atomic E-state index is 13.0. The monoisotopic (exact) mass is 419 g/mol. The molecule has 0 spiro atoms. The van der Waals surface area contributed by atoms with Gasteiger partial charge in [-0.2, -0.15) is 0 Å². The number of pyridine rings is 1. The van der Waals surface area contributed by atoms with Crippen molar-refractivity contribution in [1.29, 1.82) is 0 Å². The quantitative estimate of drug-likeness (QED) is 0.489. The molecular formula is C18H21N5O5S. The van der Waals surface area contributed by atoms with Crippen LogP contribution in [0.15, 0.2) is 29.1 Å². The van der Waals surface area contributed by atoms with Crippen LogP contribution in [0.2, 0.25) is 0 Å². The van der Waals surface area contributed by atoms with E-state index in [2.05, 4.69) is 20.3 Å². The summed E-state index contributed by atoms with van der Waals surface area (Å²) < 4.78 is 31.9. The molecule has 3 N–H and O–H groups in total. The molecule has 1 aromatic carbocycles. The number of nitrogens with one attached hydrogen (secondary N) is 3. The topological polar surface area (TPSA) is 137 Å². The Bertz CT molecular complexity index is 1220. The van der Waals surface area contributed by atoms with E-state index in [1.54, 1.807) is 31.2 Å². The molecule has 1 saturated heterocycles. The van der Waals surface area contributed by atoms with Crippen molar-refractivity contribution in [3.8, 4) is 5.75 Å². The number of benzene rings is 1. The molecular weight excluding hydrogens is 398 g/mol. The summed E-state index contributed by atoms with van der Waals surface area (Å²) in [6.07, 6.45) is 0.912. The van der Waals surface area contributed by atoms with Gasteiger partial charge in [-0.15, -0.1) is 0 Å². The lowest BCUT2D eigenvalue weighted by Gasteiger charge is -2.32. The number of aromatic nitrogens is 3. The number of nitrogens with zero attached hydrogens (tertiary/aromatic N) is 2. The molecule has 2 aromatic heterocycles. The van der Waals surface area contributed by atoms with E-state index in [1.807, 2.05) is 0 Å². The summed E-state index contributed by atoms with van der Waals surface area (Å²) >= 11 is 0. The van der Waals surface area contributed by atoms with E-state index < -0.39 is 20.6 Å². The summed E-state index contributed by atoms with van der Waals surface area (Å²) in [7, 11) is -3.70. The lowest BCUT2D eigenvalue weighted by atomic mass is 10.2. The maximum Gasteiger partial charge on any atom is 0.325 e. The molecule has 4 rings (SSSR count). The molecule has 0 aliphatic carbocycles. The molecule has 2 atom stereocenters. The molecule has 0 saturated carbocycles. The predicted molar refractivity (Wildman–Crippen MR) is 107 cm³/mol. The standard InChI is InChI=1S/C18H21N5O5S/c1-2-16(29(26,27)15-9-23(10-24)6-5-19-15)28-12-3-4-13-11(7-12)8-14-17(20-13)22-18(25)21-14/h3-4,7-8,10,15-16,19H,2,5-6,9H2,1H3,(H2,20,21,22,25). The molecule has 1 fully saturated rings. The molecule has 154 valence electrons. The summed E-state index contributed by atoms with van der Waals surface area (Å²) in [5.41, 5.74) is 0.244. The second-order valence-electron chi connectivity index (χ2n) is 6.91. The number of rotatable bonds is 6. The Balaban J connectivity index is 1.61. The van der Waals surface area contributed by atoms with Crippen LogP contribution in [0.3, 0.4) is 0 Å². The van der Waals surface area contributed by atoms with Crippen molar-refractivity contribution in [3.05, 3.63) is 34.7 Å². The van der Waals surface area contributed by atoms with E-state index in [-0.39, 0.29) is 18.7 Å². The van der Waals surface area contributed by atoms with Crippen molar-refractivity contribution in [1.82, 2.24) is 25.2 Å². The number of imidazole rings is 1. The summed E-state index contributed by atoms with van der Waals surface area (Å²) in [5, 5.41) is 2.79. The molecule has 3 aromatic rings. The van der Waals surface area contributed by atoms with Crippen molar-refractivity contribution in [2.75, 3.05) is 19.6 Å². The van der Waals surface area contributed by atoms with Crippen LogP contribution in [-0.4, -0.2) is 65.1 Å². The van der Waals surface area contributed by atoms with Gasteiger partial charge in [0.25, 0.3) is 0 Å². The Morgan fingerprint density at radius 1 is 1.34 bits per heavy atom. The number of fused-ring (bicyclic) bond motifs is 2. The van der Waals surface area contributed by atoms with Gasteiger partial charge in [-0.05, 0) is 30.7 Å². The Hall–Kier alpha value is -2.92. The average Bonchev–Trinajstić information content (AvgIpc) is 3.08. The molecule has 0 bridgehead atoms. The first-order chi connectivity index (χ1) is 13.9. The fourth-order valence-corrected chi connectivity index (χ4v) is 5.28. The van der Waals surface area contributed by atoms with E-state index in [0.29, 0.717) is 47.3 Å². The van der Waals surface area contributed by atoms with E-state index in [4.69, 9.17) is 4.74 Å². The van der Waals surface area contributed by atoms with Gasteiger partial charge in [-0.3, -0.25) is 15.1 Å². The van der Waals surface area contributed by atoms with Gasteiger partial charge in [0.15, 0.2) is 11.1 Å². The van der Waals surface area contributed by atoms with Gasteiger partial charge < -0.3 is 14.6 Å². The number of hydrogen-bond donors (Lipinski definition) is 3. The molecule has 29 heavy (non-hydrogen) atoms. The predicted octanol–water partition coefficient (Wildman–Crippen LogP) is 0.322. The van der Waals surface area contributed by atoms with Gasteiger partial charge in [-0.1, -0.05) is 6.92 Å². The van der Waals surface area contributed by atoms with Crippen LogP contribution in [-0.2, 0) is 14.6 Å². The van der Waals surface area contributed by atoms with Crippen molar-refractivity contribution in [2.45, 2.75) is 24.2 Å². The third-order valence-corrected chi connectivity index (χ3v) is 7.22. The van der Waals surface area contributed by atoms with Gasteiger partial charge in [-0.25, -0.2) is 18.2 Å². The molecule has 11 heteroatoms. The van der Waals surface area contributed by atoms with E-state index in [0.717, 1.165) is 0 Å². The van der Waals surface area contributed by atoms with Crippen LogP contribution >= 0.6 is 0 Å². The number of sulfone groups is 1. The van der Waals surface area contributed by atoms with E-state index >= 15 is 0 Å². The number of amides is 1. The summed E-state index contributed by atoms with van der Waals surface area (Å²) in [6.45, 7) is 2.71. The largest absolute Gasteiger partial charge is 0.475 e. The van der Waals surface area contributed by atoms with Crippen LogP contribution in [0.25, 0.3) is 22.1 Å². The smallest absolute Gasteiger partial charge is 0.325 e. The van der Waals surface area contributed by atoms with E-state index in [1.165, 1.54) is 4.90 Å². The fraction of sp³-hybridized carbons (Fsp3) is 0.389. The SMILES string of the molecule is CCC(Oc1ccc2nc3[nH]c(=O)[nH]c3cc2c1)S(=O)(=O)C1CN(C=O)CCN1. The first-order valence-electron chi connectivity index (χ1n) is 9.25. The minimum absolute atomic E-state index is 0.0895. The van der Waals surface area contributed by atoms with Crippen LogP contribution in [0, 0.1) is 0 Å². The Kier molecular flexibility index (Phi) is 5.01. The summed E-state index contributed by atoms with van der Waals surface area (Å²) in [6, 6.07) is 6.80. The fourth-order valence-electron chi connectivity index (χ4n) is 3.45. The first-order valence-corrected chi connectivity index (χ1v) is 10.9. The second kappa shape index (κ2) is 7.48. The normalized spacial score (nSPS) is 18.8. The zero-order valence-electron chi connectivity index (χ0n) is 15.7. The lowest BCUT2D eigenvalue weighted by molar-refractivity contribution is -0.118. The van der Waals surface area contributed by atoms with Crippen molar-refractivity contribution >= 4 is 38.3 Å². The Morgan fingerprint density at radius 2 is 2.17 bits per heavy atom. The highest BCUT2D eigenvalue weighted by atomic mass is 32.2. The number of piperazine rings is 1. The van der Waals surface area contributed by atoms with Crippen LogP contribution in [0.1, 0.15) is 13.3 Å². The van der Waals surface area contributed by atoms with Crippen molar-refractivity contribution < 1.29 is 17.9 Å². The number of ether oxygens (including phenoxy) is 1. The minimum Gasteiger partial charge on any atom is -0.475 e. The highest BCUT2D eigenvalue weighted by Gasteiger charge is 2.37. The molecule has 1 aliphatic rings. The van der Waals surface area contributed by atoms with Crippen LogP contribution in [0.5, 0.6) is 5.75 Å². The van der Waals surface area contributed by atoms with Gasteiger partial charge in [0.05, 0.1) is 17.6 Å². The highest BCUT2D eigenvalue weighted by Crippen LogP contribution is 2.25. The number of hydrogen-bond acceptors (Lipinski definition) is 7. The number of H-pyrrole nitrogens is 2. The van der Waals surface area contributed by atoms with Crippen LogP contribution in [0.4, 0.5) is 0 Å². The number of aromatic amines is 2. The molecule has 2 unspecified atom stereocenters. The first kappa shape index (κ1) is 19.4. The van der Waals surface area contributed by atoms with Gasteiger partial charge in [0.1, 0.15) is 11.1 Å². The number of carbonyl (C=O) groups is 1. The second-order valence-corrected chi connectivity index (χ2v) is 9.18. The zero-order valence-corrected chi connectivity index (χ0v) is 16.5. The zero-order chi connectivity index (χ0) is 20.6. The maximum absolute atomic E-state index is 13.0. The van der Waals surface area contributed by atoms with Gasteiger partial charge in [0.2, 0.25) is 16.2 Å². The van der Waals surface area contributed by atoms with E-state index in [9.17, 15) is 18.0 Å². The molecule has 0 radical (unpaired) electrons. The van der Waals surface area contributed by atoms with Crippen molar-refractivity contribution in [3.63, 3.8) is 0 Å².